The third-order valence-electron chi connectivity index (χ3n) is 4.12. The van der Waals surface area contributed by atoms with Crippen LogP contribution in [0.1, 0.15) is 30.5 Å². The highest BCUT2D eigenvalue weighted by Gasteiger charge is 2.33. The Labute approximate surface area is 158 Å². The number of carbonyl (C=O) groups is 1. The number of rotatable bonds is 4. The van der Waals surface area contributed by atoms with Crippen LogP contribution in [0.4, 0.5) is 24.0 Å². The molecule has 1 aliphatic heterocycles. The molecule has 0 bridgehead atoms. The van der Waals surface area contributed by atoms with Crippen LogP contribution in [0, 0.1) is 0 Å². The Morgan fingerprint density at radius 1 is 1.27 bits per heavy atom. The molecule has 9 heteroatoms. The van der Waals surface area contributed by atoms with Gasteiger partial charge in [0.1, 0.15) is 0 Å². The minimum atomic E-state index is -4.52. The molecule has 2 aromatic rings. The highest BCUT2D eigenvalue weighted by atomic mass is 35.5. The summed E-state index contributed by atoms with van der Waals surface area (Å²) < 4.78 is 38.8. The Hall–Kier alpha value is -1.80. The average Bonchev–Trinajstić information content (AvgIpc) is 3.03. The van der Waals surface area contributed by atoms with Crippen molar-refractivity contribution in [1.82, 2.24) is 9.88 Å². The standard InChI is InChI=1S/C17H17ClF3N3OS/c18-14-5-4-11(8-13(14)17(19,20)21)22-16-23-12(10-26-16)9-15(25)24-6-2-1-3-7-24/h4-5,8,10H,1-3,6-7,9H2,(H,22,23). The summed E-state index contributed by atoms with van der Waals surface area (Å²) in [7, 11) is 0. The molecule has 1 saturated heterocycles. The zero-order valence-electron chi connectivity index (χ0n) is 13.8. The Morgan fingerprint density at radius 3 is 2.69 bits per heavy atom. The van der Waals surface area contributed by atoms with E-state index < -0.39 is 11.7 Å². The summed E-state index contributed by atoms with van der Waals surface area (Å²) in [6.45, 7) is 1.55. The van der Waals surface area contributed by atoms with Crippen molar-refractivity contribution in [1.29, 1.82) is 0 Å². The van der Waals surface area contributed by atoms with Crippen molar-refractivity contribution < 1.29 is 18.0 Å². The zero-order valence-corrected chi connectivity index (χ0v) is 15.3. The number of nitrogens with one attached hydrogen (secondary N) is 1. The molecule has 1 fully saturated rings. The molecule has 3 rings (SSSR count). The van der Waals surface area contributed by atoms with Crippen molar-refractivity contribution in [3.63, 3.8) is 0 Å². The lowest BCUT2D eigenvalue weighted by atomic mass is 10.1. The molecule has 4 nitrogen and oxygen atoms in total. The molecule has 1 N–H and O–H groups in total. The molecule has 1 amide bonds. The monoisotopic (exact) mass is 403 g/mol. The van der Waals surface area contributed by atoms with E-state index in [0.717, 1.165) is 38.4 Å². The first kappa shape index (κ1) is 19.0. The van der Waals surface area contributed by atoms with E-state index in [1.807, 2.05) is 4.90 Å². The third kappa shape index (κ3) is 4.67. The zero-order chi connectivity index (χ0) is 18.7. The fraction of sp³-hybridized carbons (Fsp3) is 0.412. The van der Waals surface area contributed by atoms with Gasteiger partial charge in [0, 0.05) is 24.2 Å². The van der Waals surface area contributed by atoms with Crippen LogP contribution in [-0.2, 0) is 17.4 Å². The minimum absolute atomic E-state index is 0.0346. The lowest BCUT2D eigenvalue weighted by molar-refractivity contribution is -0.137. The Bertz CT molecular complexity index is 788. The first-order chi connectivity index (χ1) is 12.3. The molecule has 0 radical (unpaired) electrons. The highest BCUT2D eigenvalue weighted by Crippen LogP contribution is 2.36. The van der Waals surface area contributed by atoms with Crippen molar-refractivity contribution in [3.05, 3.63) is 39.9 Å². The van der Waals surface area contributed by atoms with Crippen LogP contribution in [0.3, 0.4) is 0 Å². The number of thiazole rings is 1. The lowest BCUT2D eigenvalue weighted by Crippen LogP contribution is -2.36. The van der Waals surface area contributed by atoms with Gasteiger partial charge in [-0.1, -0.05) is 11.6 Å². The van der Waals surface area contributed by atoms with Crippen LogP contribution in [0.2, 0.25) is 5.02 Å². The van der Waals surface area contributed by atoms with Crippen LogP contribution >= 0.6 is 22.9 Å². The smallest absolute Gasteiger partial charge is 0.342 e. The van der Waals surface area contributed by atoms with Crippen molar-refractivity contribution in [2.24, 2.45) is 0 Å². The number of alkyl halides is 3. The number of likely N-dealkylation sites (tertiary alicyclic amines) is 1. The molecule has 2 heterocycles. The number of anilines is 2. The summed E-state index contributed by atoms with van der Waals surface area (Å²) in [6.07, 6.45) is -1.13. The second kappa shape index (κ2) is 7.84. The number of hydrogen-bond donors (Lipinski definition) is 1. The van der Waals surface area contributed by atoms with E-state index in [1.54, 1.807) is 5.38 Å². The minimum Gasteiger partial charge on any atom is -0.342 e. The van der Waals surface area contributed by atoms with Crippen LogP contribution in [0.25, 0.3) is 0 Å². The average molecular weight is 404 g/mol. The van der Waals surface area contributed by atoms with E-state index in [1.165, 1.54) is 23.5 Å². The van der Waals surface area contributed by atoms with Crippen molar-refractivity contribution in [2.75, 3.05) is 18.4 Å². The molecule has 0 atom stereocenters. The maximum Gasteiger partial charge on any atom is 0.417 e. The van der Waals surface area contributed by atoms with Gasteiger partial charge in [0.05, 0.1) is 22.7 Å². The van der Waals surface area contributed by atoms with E-state index in [9.17, 15) is 18.0 Å². The number of carbonyl (C=O) groups excluding carboxylic acids is 1. The summed E-state index contributed by atoms with van der Waals surface area (Å²) in [6, 6.07) is 3.60. The molecule has 1 aromatic heterocycles. The third-order valence-corrected chi connectivity index (χ3v) is 5.25. The number of halogens is 4. The van der Waals surface area contributed by atoms with Crippen LogP contribution in [0.15, 0.2) is 23.6 Å². The molecule has 0 aliphatic carbocycles. The first-order valence-corrected chi connectivity index (χ1v) is 9.44. The predicted octanol–water partition coefficient (Wildman–Crippen LogP) is 5.11. The van der Waals surface area contributed by atoms with Crippen molar-refractivity contribution in [3.8, 4) is 0 Å². The van der Waals surface area contributed by atoms with E-state index in [0.29, 0.717) is 10.8 Å². The largest absolute Gasteiger partial charge is 0.417 e. The Balaban J connectivity index is 1.66. The SMILES string of the molecule is O=C(Cc1csc(Nc2ccc(Cl)c(C(F)(F)F)c2)n1)N1CCCCC1. The number of benzene rings is 1. The van der Waals surface area contributed by atoms with Gasteiger partial charge in [-0.05, 0) is 37.5 Å². The van der Waals surface area contributed by atoms with E-state index in [4.69, 9.17) is 11.6 Å². The van der Waals surface area contributed by atoms with Gasteiger partial charge in [0.15, 0.2) is 5.13 Å². The van der Waals surface area contributed by atoms with E-state index >= 15 is 0 Å². The highest BCUT2D eigenvalue weighted by molar-refractivity contribution is 7.13. The number of nitrogens with zero attached hydrogens (tertiary/aromatic N) is 2. The van der Waals surface area contributed by atoms with Gasteiger partial charge in [-0.15, -0.1) is 11.3 Å². The van der Waals surface area contributed by atoms with Crippen LogP contribution < -0.4 is 5.32 Å². The number of amides is 1. The summed E-state index contributed by atoms with van der Waals surface area (Å²) in [5.41, 5.74) is -0.0516. The summed E-state index contributed by atoms with van der Waals surface area (Å²) in [5.74, 6) is 0.0346. The lowest BCUT2D eigenvalue weighted by Gasteiger charge is -2.26. The summed E-state index contributed by atoms with van der Waals surface area (Å²) in [5, 5.41) is 4.66. The number of hydrogen-bond acceptors (Lipinski definition) is 4. The van der Waals surface area contributed by atoms with Gasteiger partial charge in [0.2, 0.25) is 5.91 Å². The fourth-order valence-corrected chi connectivity index (χ4v) is 3.75. The van der Waals surface area contributed by atoms with Gasteiger partial charge in [0.25, 0.3) is 0 Å². The number of aromatic nitrogens is 1. The van der Waals surface area contributed by atoms with Crippen molar-refractivity contribution in [2.45, 2.75) is 31.9 Å². The first-order valence-electron chi connectivity index (χ1n) is 8.19. The van der Waals surface area contributed by atoms with Crippen LogP contribution in [0.5, 0.6) is 0 Å². The number of piperidine rings is 1. The van der Waals surface area contributed by atoms with Gasteiger partial charge in [-0.2, -0.15) is 13.2 Å². The van der Waals surface area contributed by atoms with Crippen LogP contribution in [-0.4, -0.2) is 28.9 Å². The molecule has 0 saturated carbocycles. The quantitative estimate of drug-likeness (QED) is 0.771. The molecule has 0 unspecified atom stereocenters. The van der Waals surface area contributed by atoms with Gasteiger partial charge in [-0.3, -0.25) is 4.79 Å². The predicted molar refractivity (Wildman–Crippen MR) is 96.0 cm³/mol. The molecule has 140 valence electrons. The van der Waals surface area contributed by atoms with Crippen molar-refractivity contribution >= 4 is 39.7 Å². The normalized spacial score (nSPS) is 15.2. The molecular weight excluding hydrogens is 387 g/mol. The van der Waals surface area contributed by atoms with Gasteiger partial charge in [-0.25, -0.2) is 4.98 Å². The Morgan fingerprint density at radius 2 is 2.00 bits per heavy atom. The molecular formula is C17H17ClF3N3OS. The van der Waals surface area contributed by atoms with E-state index in [-0.39, 0.29) is 23.0 Å². The second-order valence-electron chi connectivity index (χ2n) is 6.08. The van der Waals surface area contributed by atoms with E-state index in [2.05, 4.69) is 10.3 Å². The maximum atomic E-state index is 12.9. The summed E-state index contributed by atoms with van der Waals surface area (Å²) >= 11 is 6.86. The molecule has 0 spiro atoms. The maximum absolute atomic E-state index is 12.9. The summed E-state index contributed by atoms with van der Waals surface area (Å²) in [4.78, 5) is 18.4. The molecule has 26 heavy (non-hydrogen) atoms. The van der Waals surface area contributed by atoms with Gasteiger partial charge >= 0.3 is 6.18 Å². The topological polar surface area (TPSA) is 45.2 Å². The Kier molecular flexibility index (Phi) is 5.72. The molecule has 1 aliphatic rings. The van der Waals surface area contributed by atoms with Gasteiger partial charge < -0.3 is 10.2 Å². The second-order valence-corrected chi connectivity index (χ2v) is 7.34. The molecule has 1 aromatic carbocycles. The fourth-order valence-electron chi connectivity index (χ4n) is 2.80.